The molecule has 0 aliphatic carbocycles. The van der Waals surface area contributed by atoms with Crippen LogP contribution in [0.3, 0.4) is 0 Å². The van der Waals surface area contributed by atoms with E-state index in [2.05, 4.69) is 0 Å². The average molecular weight is 421 g/mol. The smallest absolute Gasteiger partial charge is 0.416 e. The van der Waals surface area contributed by atoms with Crippen LogP contribution >= 0.6 is 0 Å². The van der Waals surface area contributed by atoms with Crippen molar-refractivity contribution in [3.8, 4) is 11.3 Å². The summed E-state index contributed by atoms with van der Waals surface area (Å²) in [5, 5.41) is 0.633. The summed E-state index contributed by atoms with van der Waals surface area (Å²) in [5.41, 5.74) is 2.65. The fourth-order valence-corrected chi connectivity index (χ4v) is 3.51. The number of halogens is 3. The maximum Gasteiger partial charge on any atom is 0.416 e. The summed E-state index contributed by atoms with van der Waals surface area (Å²) in [6.07, 6.45) is -4.46. The molecule has 0 saturated carbocycles. The molecule has 4 rings (SSSR count). The second-order valence-electron chi connectivity index (χ2n) is 7.12. The maximum atomic E-state index is 13.0. The van der Waals surface area contributed by atoms with E-state index in [1.807, 2.05) is 42.5 Å². The molecule has 31 heavy (non-hydrogen) atoms. The average Bonchev–Trinajstić information content (AvgIpc) is 2.77. The van der Waals surface area contributed by atoms with E-state index in [1.54, 1.807) is 19.1 Å². The van der Waals surface area contributed by atoms with Gasteiger partial charge in [0.15, 0.2) is 0 Å². The van der Waals surface area contributed by atoms with Gasteiger partial charge in [-0.25, -0.2) is 9.78 Å². The van der Waals surface area contributed by atoms with Crippen LogP contribution in [0.15, 0.2) is 78.9 Å². The van der Waals surface area contributed by atoms with Crippen LogP contribution in [0.5, 0.6) is 0 Å². The monoisotopic (exact) mass is 421 g/mol. The molecule has 3 nitrogen and oxygen atoms in total. The molecule has 4 aromatic rings. The molecule has 0 aliphatic rings. The van der Waals surface area contributed by atoms with E-state index >= 15 is 0 Å². The van der Waals surface area contributed by atoms with Crippen LogP contribution in [0.25, 0.3) is 22.2 Å². The highest BCUT2D eigenvalue weighted by Gasteiger charge is 2.30. The Balaban J connectivity index is 1.70. The van der Waals surface area contributed by atoms with E-state index < -0.39 is 17.7 Å². The number of para-hydroxylation sites is 1. The Morgan fingerprint density at radius 2 is 1.65 bits per heavy atom. The minimum absolute atomic E-state index is 0.264. The summed E-state index contributed by atoms with van der Waals surface area (Å²) in [4.78, 5) is 17.8. The lowest BCUT2D eigenvalue weighted by Crippen LogP contribution is -2.11. The Bertz CT molecular complexity index is 1250. The lowest BCUT2D eigenvalue weighted by Gasteiger charge is -2.15. The van der Waals surface area contributed by atoms with Crippen molar-refractivity contribution in [2.75, 3.05) is 0 Å². The van der Waals surface area contributed by atoms with Crippen molar-refractivity contribution in [2.24, 2.45) is 0 Å². The number of alkyl halides is 3. The van der Waals surface area contributed by atoms with Crippen molar-refractivity contribution in [1.29, 1.82) is 0 Å². The van der Waals surface area contributed by atoms with Crippen molar-refractivity contribution in [3.63, 3.8) is 0 Å². The SMILES string of the molecule is Cc1c(-c2ccccc2)nc2ccccc2c1C(=O)OCc1cccc(C(F)(F)F)c1. The van der Waals surface area contributed by atoms with Gasteiger partial charge in [0.25, 0.3) is 0 Å². The number of hydrogen-bond donors (Lipinski definition) is 0. The molecule has 6 heteroatoms. The Hall–Kier alpha value is -3.67. The van der Waals surface area contributed by atoms with Crippen LogP contribution in [0, 0.1) is 6.92 Å². The van der Waals surface area contributed by atoms with E-state index in [1.165, 1.54) is 12.1 Å². The van der Waals surface area contributed by atoms with Gasteiger partial charge in [-0.3, -0.25) is 0 Å². The van der Waals surface area contributed by atoms with E-state index in [9.17, 15) is 18.0 Å². The number of aromatic nitrogens is 1. The van der Waals surface area contributed by atoms with E-state index in [0.717, 1.165) is 17.7 Å². The summed E-state index contributed by atoms with van der Waals surface area (Å²) in [7, 11) is 0. The molecule has 0 N–H and O–H groups in total. The molecule has 156 valence electrons. The lowest BCUT2D eigenvalue weighted by molar-refractivity contribution is -0.137. The number of nitrogens with zero attached hydrogens (tertiary/aromatic N) is 1. The summed E-state index contributed by atoms with van der Waals surface area (Å²) in [6.45, 7) is 1.53. The number of carbonyl (C=O) groups excluding carboxylic acids is 1. The zero-order valence-electron chi connectivity index (χ0n) is 16.6. The third kappa shape index (κ3) is 4.28. The predicted molar refractivity (Wildman–Crippen MR) is 112 cm³/mol. The van der Waals surface area contributed by atoms with Crippen LogP contribution in [0.2, 0.25) is 0 Å². The number of fused-ring (bicyclic) bond motifs is 1. The van der Waals surface area contributed by atoms with Crippen LogP contribution < -0.4 is 0 Å². The molecule has 0 fully saturated rings. The molecule has 0 bridgehead atoms. The standard InChI is InChI=1S/C25H18F3NO2/c1-16-22(24(30)31-15-17-8-7-11-19(14-17)25(26,27)28)20-12-5-6-13-21(20)29-23(16)18-9-3-2-4-10-18/h2-14H,15H2,1H3. The molecular weight excluding hydrogens is 403 g/mol. The van der Waals surface area contributed by atoms with E-state index in [-0.39, 0.29) is 12.2 Å². The molecule has 0 radical (unpaired) electrons. The van der Waals surface area contributed by atoms with Crippen molar-refractivity contribution in [2.45, 2.75) is 19.7 Å². The summed E-state index contributed by atoms with van der Waals surface area (Å²) >= 11 is 0. The van der Waals surface area contributed by atoms with Gasteiger partial charge < -0.3 is 4.74 Å². The third-order valence-electron chi connectivity index (χ3n) is 5.01. The molecule has 0 saturated heterocycles. The van der Waals surface area contributed by atoms with Gasteiger partial charge in [-0.2, -0.15) is 13.2 Å². The van der Waals surface area contributed by atoms with Gasteiger partial charge in [-0.05, 0) is 36.2 Å². The first-order valence-corrected chi connectivity index (χ1v) is 9.62. The zero-order chi connectivity index (χ0) is 22.0. The van der Waals surface area contributed by atoms with Crippen LogP contribution in [0.1, 0.15) is 27.0 Å². The highest BCUT2D eigenvalue weighted by atomic mass is 19.4. The van der Waals surface area contributed by atoms with Gasteiger partial charge in [0.1, 0.15) is 6.61 Å². The first-order chi connectivity index (χ1) is 14.8. The number of ether oxygens (including phenoxy) is 1. The molecule has 0 unspecified atom stereocenters. The molecule has 0 aliphatic heterocycles. The number of esters is 1. The molecule has 0 spiro atoms. The van der Waals surface area contributed by atoms with Gasteiger partial charge in [0.2, 0.25) is 0 Å². The van der Waals surface area contributed by atoms with Gasteiger partial charge in [-0.1, -0.05) is 60.7 Å². The summed E-state index contributed by atoms with van der Waals surface area (Å²) < 4.78 is 44.3. The molecule has 3 aromatic carbocycles. The quantitative estimate of drug-likeness (QED) is 0.349. The number of hydrogen-bond acceptors (Lipinski definition) is 3. The number of rotatable bonds is 4. The second-order valence-corrected chi connectivity index (χ2v) is 7.12. The van der Waals surface area contributed by atoms with E-state index in [0.29, 0.717) is 27.7 Å². The maximum absolute atomic E-state index is 13.0. The number of carbonyl (C=O) groups is 1. The predicted octanol–water partition coefficient (Wildman–Crippen LogP) is 6.59. The van der Waals surface area contributed by atoms with Gasteiger partial charge in [-0.15, -0.1) is 0 Å². The molecule has 0 amide bonds. The summed E-state index contributed by atoms with van der Waals surface area (Å²) in [5.74, 6) is -0.606. The number of benzene rings is 3. The highest BCUT2D eigenvalue weighted by molar-refractivity contribution is 6.06. The minimum atomic E-state index is -4.46. The normalized spacial score (nSPS) is 11.5. The number of pyridine rings is 1. The van der Waals surface area contributed by atoms with Gasteiger partial charge in [0.05, 0.1) is 22.3 Å². The fraction of sp³-hybridized carbons (Fsp3) is 0.120. The second kappa shape index (κ2) is 8.22. The van der Waals surface area contributed by atoms with Crippen LogP contribution in [-0.4, -0.2) is 11.0 Å². The van der Waals surface area contributed by atoms with Crippen molar-refractivity contribution < 1.29 is 22.7 Å². The Kier molecular flexibility index (Phi) is 5.46. The largest absolute Gasteiger partial charge is 0.457 e. The fourth-order valence-electron chi connectivity index (χ4n) is 3.51. The zero-order valence-corrected chi connectivity index (χ0v) is 16.6. The van der Waals surface area contributed by atoms with Gasteiger partial charge in [0, 0.05) is 10.9 Å². The topological polar surface area (TPSA) is 39.2 Å². The molecular formula is C25H18F3NO2. The Labute approximate surface area is 177 Å². The van der Waals surface area contributed by atoms with Crippen LogP contribution in [-0.2, 0) is 17.5 Å². The minimum Gasteiger partial charge on any atom is -0.457 e. The third-order valence-corrected chi connectivity index (χ3v) is 5.01. The van der Waals surface area contributed by atoms with Crippen molar-refractivity contribution in [1.82, 2.24) is 4.98 Å². The van der Waals surface area contributed by atoms with Crippen molar-refractivity contribution >= 4 is 16.9 Å². The van der Waals surface area contributed by atoms with Crippen LogP contribution in [0.4, 0.5) is 13.2 Å². The Morgan fingerprint density at radius 3 is 2.39 bits per heavy atom. The summed E-state index contributed by atoms with van der Waals surface area (Å²) in [6, 6.07) is 21.5. The first-order valence-electron chi connectivity index (χ1n) is 9.62. The highest BCUT2D eigenvalue weighted by Crippen LogP contribution is 2.31. The lowest BCUT2D eigenvalue weighted by atomic mass is 9.98. The molecule has 1 heterocycles. The Morgan fingerprint density at radius 1 is 0.935 bits per heavy atom. The van der Waals surface area contributed by atoms with Crippen molar-refractivity contribution in [3.05, 3.63) is 101 Å². The molecule has 1 aromatic heterocycles. The molecule has 0 atom stereocenters. The first kappa shape index (κ1) is 20.6. The van der Waals surface area contributed by atoms with Gasteiger partial charge >= 0.3 is 12.1 Å². The van der Waals surface area contributed by atoms with E-state index in [4.69, 9.17) is 9.72 Å².